The molecule has 1 aromatic heterocycles. The third-order valence-corrected chi connectivity index (χ3v) is 3.45. The molecule has 1 N–H and O–H groups in total. The lowest BCUT2D eigenvalue weighted by atomic mass is 10.0. The number of benzene rings is 1. The monoisotopic (exact) mass is 272 g/mol. The van der Waals surface area contributed by atoms with E-state index in [1.807, 2.05) is 51.1 Å². The second-order valence-electron chi connectivity index (χ2n) is 4.86. The van der Waals surface area contributed by atoms with Crippen molar-refractivity contribution in [2.75, 3.05) is 6.61 Å². The minimum atomic E-state index is -0.571. The molecule has 4 nitrogen and oxygen atoms in total. The number of nitrogens with one attached hydrogen (secondary N) is 1. The number of hydrogen-bond donors (Lipinski definition) is 1. The first kappa shape index (κ1) is 14.5. The Balaban J connectivity index is 2.52. The number of nitrogens with zero attached hydrogens (tertiary/aromatic N) is 1. The average Bonchev–Trinajstić information content (AvgIpc) is 2.47. The zero-order valence-electron chi connectivity index (χ0n) is 12.1. The third kappa shape index (κ3) is 2.96. The summed E-state index contributed by atoms with van der Waals surface area (Å²) in [5.74, 6) is 0.577. The van der Waals surface area contributed by atoms with Crippen molar-refractivity contribution >= 4 is 0 Å². The smallest absolute Gasteiger partial charge is 0.251 e. The molecule has 20 heavy (non-hydrogen) atoms. The summed E-state index contributed by atoms with van der Waals surface area (Å²) >= 11 is 0. The van der Waals surface area contributed by atoms with Crippen molar-refractivity contribution in [1.82, 2.24) is 9.97 Å². The highest BCUT2D eigenvalue weighted by Crippen LogP contribution is 2.26. The lowest BCUT2D eigenvalue weighted by Crippen LogP contribution is -2.30. The zero-order valence-corrected chi connectivity index (χ0v) is 12.1. The highest BCUT2D eigenvalue weighted by atomic mass is 16.5. The van der Waals surface area contributed by atoms with E-state index in [2.05, 4.69) is 9.97 Å². The molecule has 1 aromatic carbocycles. The van der Waals surface area contributed by atoms with Gasteiger partial charge >= 0.3 is 0 Å². The van der Waals surface area contributed by atoms with E-state index in [1.54, 1.807) is 0 Å². The van der Waals surface area contributed by atoms with Crippen LogP contribution in [0.4, 0.5) is 0 Å². The predicted octanol–water partition coefficient (Wildman–Crippen LogP) is 3.10. The molecule has 1 unspecified atom stereocenters. The number of rotatable bonds is 5. The second-order valence-corrected chi connectivity index (χ2v) is 4.86. The SMILES string of the molecule is CCOC(C)(CC)c1nc(-c2ccccc2)cc(=O)[nH]1. The Morgan fingerprint density at radius 3 is 2.55 bits per heavy atom. The maximum absolute atomic E-state index is 11.9. The van der Waals surface area contributed by atoms with Crippen LogP contribution >= 0.6 is 0 Å². The minimum absolute atomic E-state index is 0.159. The Bertz CT molecular complexity index is 622. The molecule has 106 valence electrons. The third-order valence-electron chi connectivity index (χ3n) is 3.45. The van der Waals surface area contributed by atoms with Crippen LogP contribution in [0.25, 0.3) is 11.3 Å². The van der Waals surface area contributed by atoms with E-state index in [1.165, 1.54) is 6.07 Å². The van der Waals surface area contributed by atoms with E-state index in [4.69, 9.17) is 4.74 Å². The molecule has 0 aliphatic rings. The van der Waals surface area contributed by atoms with Gasteiger partial charge in [-0.15, -0.1) is 0 Å². The standard InChI is InChI=1S/C16H20N2O2/c1-4-16(3,20-5-2)15-17-13(11-14(19)18-15)12-9-7-6-8-10-12/h6-11H,4-5H2,1-3H3,(H,17,18,19). The van der Waals surface area contributed by atoms with E-state index < -0.39 is 5.60 Å². The summed E-state index contributed by atoms with van der Waals surface area (Å²) < 4.78 is 5.78. The quantitative estimate of drug-likeness (QED) is 0.910. The van der Waals surface area contributed by atoms with Crippen molar-refractivity contribution < 1.29 is 4.74 Å². The van der Waals surface area contributed by atoms with Crippen LogP contribution in [0.15, 0.2) is 41.2 Å². The topological polar surface area (TPSA) is 55.0 Å². The fourth-order valence-electron chi connectivity index (χ4n) is 2.12. The molecule has 4 heteroatoms. The van der Waals surface area contributed by atoms with Gasteiger partial charge in [0.25, 0.3) is 5.56 Å². The van der Waals surface area contributed by atoms with Crippen molar-refractivity contribution in [3.05, 3.63) is 52.6 Å². The normalized spacial score (nSPS) is 13.9. The van der Waals surface area contributed by atoms with Gasteiger partial charge in [-0.05, 0) is 20.3 Å². The van der Waals surface area contributed by atoms with Crippen LogP contribution in [0.1, 0.15) is 33.0 Å². The highest BCUT2D eigenvalue weighted by Gasteiger charge is 2.28. The Morgan fingerprint density at radius 1 is 1.25 bits per heavy atom. The maximum atomic E-state index is 11.9. The largest absolute Gasteiger partial charge is 0.368 e. The van der Waals surface area contributed by atoms with E-state index >= 15 is 0 Å². The molecule has 0 aliphatic carbocycles. The Kier molecular flexibility index (Phi) is 4.35. The lowest BCUT2D eigenvalue weighted by Gasteiger charge is -2.27. The second kappa shape index (κ2) is 6.01. The lowest BCUT2D eigenvalue weighted by molar-refractivity contribution is -0.0391. The number of hydrogen-bond acceptors (Lipinski definition) is 3. The van der Waals surface area contributed by atoms with Gasteiger partial charge < -0.3 is 9.72 Å². The molecule has 0 amide bonds. The summed E-state index contributed by atoms with van der Waals surface area (Å²) in [5, 5.41) is 0. The van der Waals surface area contributed by atoms with Crippen molar-refractivity contribution in [2.24, 2.45) is 0 Å². The average molecular weight is 272 g/mol. The molecule has 2 rings (SSSR count). The van der Waals surface area contributed by atoms with E-state index in [0.717, 1.165) is 12.0 Å². The first-order valence-corrected chi connectivity index (χ1v) is 6.90. The summed E-state index contributed by atoms with van der Waals surface area (Å²) in [6, 6.07) is 11.2. The number of H-pyrrole nitrogens is 1. The molecule has 0 spiro atoms. The van der Waals surface area contributed by atoms with Crippen LogP contribution in [0.2, 0.25) is 0 Å². The van der Waals surface area contributed by atoms with Gasteiger partial charge in [0.1, 0.15) is 11.4 Å². The summed E-state index contributed by atoms with van der Waals surface area (Å²) in [6.45, 7) is 6.48. The minimum Gasteiger partial charge on any atom is -0.368 e. The molecule has 0 aliphatic heterocycles. The van der Waals surface area contributed by atoms with Gasteiger partial charge in [-0.25, -0.2) is 4.98 Å². The molecule has 0 saturated carbocycles. The summed E-state index contributed by atoms with van der Waals surface area (Å²) in [6.07, 6.45) is 0.738. The van der Waals surface area contributed by atoms with E-state index in [-0.39, 0.29) is 5.56 Å². The highest BCUT2D eigenvalue weighted by molar-refractivity contribution is 5.58. The molecule has 0 radical (unpaired) electrons. The zero-order chi connectivity index (χ0) is 14.6. The summed E-state index contributed by atoms with van der Waals surface area (Å²) in [7, 11) is 0. The Morgan fingerprint density at radius 2 is 1.95 bits per heavy atom. The molecular weight excluding hydrogens is 252 g/mol. The van der Waals surface area contributed by atoms with Crippen LogP contribution in [0.5, 0.6) is 0 Å². The van der Waals surface area contributed by atoms with E-state index in [0.29, 0.717) is 18.1 Å². The molecule has 1 heterocycles. The van der Waals surface area contributed by atoms with Crippen molar-refractivity contribution in [1.29, 1.82) is 0 Å². The maximum Gasteiger partial charge on any atom is 0.251 e. The molecular formula is C16H20N2O2. The van der Waals surface area contributed by atoms with Gasteiger partial charge in [-0.1, -0.05) is 37.3 Å². The number of aromatic amines is 1. The van der Waals surface area contributed by atoms with Crippen LogP contribution in [-0.2, 0) is 10.3 Å². The first-order chi connectivity index (χ1) is 9.59. The van der Waals surface area contributed by atoms with Crippen LogP contribution in [0, 0.1) is 0 Å². The Hall–Kier alpha value is -1.94. The predicted molar refractivity (Wildman–Crippen MR) is 79.6 cm³/mol. The Labute approximate surface area is 118 Å². The molecule has 0 saturated heterocycles. The first-order valence-electron chi connectivity index (χ1n) is 6.90. The molecule has 2 aromatic rings. The van der Waals surface area contributed by atoms with Crippen LogP contribution < -0.4 is 5.56 Å². The van der Waals surface area contributed by atoms with Gasteiger partial charge in [0.05, 0.1) is 5.69 Å². The summed E-state index contributed by atoms with van der Waals surface area (Å²) in [4.78, 5) is 19.3. The van der Waals surface area contributed by atoms with Crippen molar-refractivity contribution in [3.63, 3.8) is 0 Å². The fraction of sp³-hybridized carbons (Fsp3) is 0.375. The van der Waals surface area contributed by atoms with Gasteiger partial charge in [-0.3, -0.25) is 4.79 Å². The van der Waals surface area contributed by atoms with Crippen LogP contribution in [0.3, 0.4) is 0 Å². The van der Waals surface area contributed by atoms with Gasteiger partial charge in [0, 0.05) is 18.2 Å². The van der Waals surface area contributed by atoms with Crippen LogP contribution in [-0.4, -0.2) is 16.6 Å². The fourth-order valence-corrected chi connectivity index (χ4v) is 2.12. The van der Waals surface area contributed by atoms with Gasteiger partial charge in [-0.2, -0.15) is 0 Å². The van der Waals surface area contributed by atoms with Gasteiger partial charge in [0.15, 0.2) is 0 Å². The molecule has 0 fully saturated rings. The molecule has 1 atom stereocenters. The summed E-state index contributed by atoms with van der Waals surface area (Å²) in [5.41, 5.74) is 0.866. The van der Waals surface area contributed by atoms with Crippen molar-refractivity contribution in [2.45, 2.75) is 32.8 Å². The molecule has 0 bridgehead atoms. The van der Waals surface area contributed by atoms with Gasteiger partial charge in [0.2, 0.25) is 0 Å². The van der Waals surface area contributed by atoms with Crippen molar-refractivity contribution in [3.8, 4) is 11.3 Å². The van der Waals surface area contributed by atoms with E-state index in [9.17, 15) is 4.79 Å². The number of aromatic nitrogens is 2. The number of ether oxygens (including phenoxy) is 1.